The Balaban J connectivity index is 4.10. The van der Waals surface area contributed by atoms with Crippen LogP contribution in [0.3, 0.4) is 0 Å². The monoisotopic (exact) mass is 230 g/mol. The van der Waals surface area contributed by atoms with Crippen molar-refractivity contribution in [1.29, 1.82) is 0 Å². The van der Waals surface area contributed by atoms with Crippen LogP contribution in [0.25, 0.3) is 0 Å². The standard InChI is InChI=1S/C12H22O4/c1-7-12(5,6)16-14-8-10(4)11(13)15-9(2)3/h8-9H,7H2,1-6H3. The van der Waals surface area contributed by atoms with Gasteiger partial charge < -0.3 is 9.62 Å². The summed E-state index contributed by atoms with van der Waals surface area (Å²) in [5, 5.41) is 0. The highest BCUT2D eigenvalue weighted by molar-refractivity contribution is 5.87. The van der Waals surface area contributed by atoms with E-state index in [1.165, 1.54) is 6.26 Å². The van der Waals surface area contributed by atoms with Gasteiger partial charge in [0.15, 0.2) is 0 Å². The van der Waals surface area contributed by atoms with E-state index in [1.807, 2.05) is 20.8 Å². The van der Waals surface area contributed by atoms with Crippen molar-refractivity contribution in [1.82, 2.24) is 0 Å². The lowest BCUT2D eigenvalue weighted by molar-refractivity contribution is -0.317. The Hall–Kier alpha value is -1.03. The Kier molecular flexibility index (Phi) is 6.11. The van der Waals surface area contributed by atoms with E-state index < -0.39 is 5.97 Å². The van der Waals surface area contributed by atoms with Crippen LogP contribution in [0.15, 0.2) is 11.8 Å². The van der Waals surface area contributed by atoms with Gasteiger partial charge in [0, 0.05) is 0 Å². The Morgan fingerprint density at radius 3 is 2.38 bits per heavy atom. The van der Waals surface area contributed by atoms with Crippen LogP contribution in [0.1, 0.15) is 48.0 Å². The summed E-state index contributed by atoms with van der Waals surface area (Å²) in [5.74, 6) is -0.395. The highest BCUT2D eigenvalue weighted by Crippen LogP contribution is 2.14. The summed E-state index contributed by atoms with van der Waals surface area (Å²) < 4.78 is 4.98. The summed E-state index contributed by atoms with van der Waals surface area (Å²) in [4.78, 5) is 21.4. The quantitative estimate of drug-likeness (QED) is 0.231. The molecule has 0 saturated heterocycles. The molecule has 0 amide bonds. The van der Waals surface area contributed by atoms with E-state index in [-0.39, 0.29) is 11.7 Å². The average molecular weight is 230 g/mol. The number of ether oxygens (including phenoxy) is 1. The molecule has 0 unspecified atom stereocenters. The maximum Gasteiger partial charge on any atom is 0.337 e. The number of carbonyl (C=O) groups is 1. The van der Waals surface area contributed by atoms with Crippen molar-refractivity contribution < 1.29 is 19.3 Å². The number of hydrogen-bond acceptors (Lipinski definition) is 4. The molecule has 0 bridgehead atoms. The van der Waals surface area contributed by atoms with Crippen LogP contribution >= 0.6 is 0 Å². The Labute approximate surface area is 97.5 Å². The van der Waals surface area contributed by atoms with Crippen LogP contribution in [0.2, 0.25) is 0 Å². The molecule has 0 saturated carbocycles. The molecular formula is C12H22O4. The van der Waals surface area contributed by atoms with Crippen LogP contribution in [0.5, 0.6) is 0 Å². The first-order valence-corrected chi connectivity index (χ1v) is 5.50. The third kappa shape index (κ3) is 6.45. The van der Waals surface area contributed by atoms with Gasteiger partial charge in [0.1, 0.15) is 11.9 Å². The summed E-state index contributed by atoms with van der Waals surface area (Å²) in [7, 11) is 0. The second-order valence-electron chi connectivity index (χ2n) is 4.55. The summed E-state index contributed by atoms with van der Waals surface area (Å²) in [6, 6.07) is 0. The normalized spacial score (nSPS) is 12.8. The van der Waals surface area contributed by atoms with Crippen molar-refractivity contribution in [2.75, 3.05) is 0 Å². The smallest absolute Gasteiger partial charge is 0.337 e. The maximum absolute atomic E-state index is 11.4. The van der Waals surface area contributed by atoms with Gasteiger partial charge in [-0.15, -0.1) is 0 Å². The highest BCUT2D eigenvalue weighted by atomic mass is 17.2. The first kappa shape index (κ1) is 15.0. The van der Waals surface area contributed by atoms with E-state index in [4.69, 9.17) is 14.5 Å². The Bertz CT molecular complexity index is 254. The van der Waals surface area contributed by atoms with E-state index in [0.717, 1.165) is 6.42 Å². The predicted molar refractivity (Wildman–Crippen MR) is 61.5 cm³/mol. The largest absolute Gasteiger partial charge is 0.460 e. The van der Waals surface area contributed by atoms with Crippen molar-refractivity contribution in [2.24, 2.45) is 0 Å². The molecule has 0 aromatic carbocycles. The molecular weight excluding hydrogens is 208 g/mol. The van der Waals surface area contributed by atoms with Crippen molar-refractivity contribution in [3.63, 3.8) is 0 Å². The number of carbonyl (C=O) groups excluding carboxylic acids is 1. The van der Waals surface area contributed by atoms with E-state index in [1.54, 1.807) is 20.8 Å². The third-order valence-electron chi connectivity index (χ3n) is 2.01. The molecule has 0 radical (unpaired) electrons. The summed E-state index contributed by atoms with van der Waals surface area (Å²) in [6.07, 6.45) is 1.95. The van der Waals surface area contributed by atoms with Crippen LogP contribution < -0.4 is 0 Å². The van der Waals surface area contributed by atoms with Gasteiger partial charge in [-0.25, -0.2) is 4.79 Å². The Morgan fingerprint density at radius 1 is 1.38 bits per heavy atom. The molecule has 0 spiro atoms. The fourth-order valence-electron chi connectivity index (χ4n) is 0.641. The van der Waals surface area contributed by atoms with Gasteiger partial charge in [-0.1, -0.05) is 6.92 Å². The minimum absolute atomic E-state index is 0.135. The molecule has 0 fully saturated rings. The molecule has 4 nitrogen and oxygen atoms in total. The maximum atomic E-state index is 11.4. The van der Waals surface area contributed by atoms with Gasteiger partial charge >= 0.3 is 5.97 Å². The van der Waals surface area contributed by atoms with Crippen molar-refractivity contribution in [3.8, 4) is 0 Å². The molecule has 0 rings (SSSR count). The zero-order valence-corrected chi connectivity index (χ0v) is 11.0. The lowest BCUT2D eigenvalue weighted by atomic mass is 10.1. The Morgan fingerprint density at radius 2 is 1.94 bits per heavy atom. The van der Waals surface area contributed by atoms with Crippen LogP contribution in [0.4, 0.5) is 0 Å². The number of esters is 1. The molecule has 0 aliphatic rings. The van der Waals surface area contributed by atoms with Gasteiger partial charge in [0.05, 0.1) is 11.7 Å². The molecule has 0 aliphatic carbocycles. The fraction of sp³-hybridized carbons (Fsp3) is 0.750. The molecule has 0 aliphatic heterocycles. The second-order valence-corrected chi connectivity index (χ2v) is 4.55. The van der Waals surface area contributed by atoms with Crippen molar-refractivity contribution in [2.45, 2.75) is 59.7 Å². The van der Waals surface area contributed by atoms with E-state index in [2.05, 4.69) is 0 Å². The molecule has 94 valence electrons. The minimum Gasteiger partial charge on any atom is -0.460 e. The summed E-state index contributed by atoms with van der Waals surface area (Å²) >= 11 is 0. The lowest BCUT2D eigenvalue weighted by Gasteiger charge is -2.20. The van der Waals surface area contributed by atoms with Gasteiger partial charge in [0.2, 0.25) is 0 Å². The van der Waals surface area contributed by atoms with Crippen molar-refractivity contribution in [3.05, 3.63) is 11.8 Å². The van der Waals surface area contributed by atoms with E-state index in [9.17, 15) is 4.79 Å². The van der Waals surface area contributed by atoms with Crippen molar-refractivity contribution >= 4 is 5.97 Å². The van der Waals surface area contributed by atoms with Gasteiger partial charge in [-0.3, -0.25) is 0 Å². The van der Waals surface area contributed by atoms with Gasteiger partial charge in [-0.2, -0.15) is 4.89 Å². The zero-order chi connectivity index (χ0) is 12.8. The van der Waals surface area contributed by atoms with Crippen LogP contribution in [-0.4, -0.2) is 17.7 Å². The third-order valence-corrected chi connectivity index (χ3v) is 2.01. The number of rotatable bonds is 6. The molecule has 0 aromatic rings. The first-order valence-electron chi connectivity index (χ1n) is 5.50. The number of hydrogen-bond donors (Lipinski definition) is 0. The molecule has 4 heteroatoms. The first-order chi connectivity index (χ1) is 7.28. The minimum atomic E-state index is -0.395. The molecule has 0 aromatic heterocycles. The zero-order valence-electron chi connectivity index (χ0n) is 11.0. The summed E-state index contributed by atoms with van der Waals surface area (Å²) in [6.45, 7) is 11.0. The average Bonchev–Trinajstić information content (AvgIpc) is 2.16. The lowest BCUT2D eigenvalue weighted by Crippen LogP contribution is -2.22. The molecule has 16 heavy (non-hydrogen) atoms. The molecule has 0 atom stereocenters. The highest BCUT2D eigenvalue weighted by Gasteiger charge is 2.17. The SMILES string of the molecule is CCC(C)(C)OOC=C(C)C(=O)OC(C)C. The predicted octanol–water partition coefficient (Wildman–Crippen LogP) is 2.98. The van der Waals surface area contributed by atoms with E-state index >= 15 is 0 Å². The second kappa shape index (κ2) is 6.53. The molecule has 0 heterocycles. The van der Waals surface area contributed by atoms with Crippen LogP contribution in [-0.2, 0) is 19.3 Å². The van der Waals surface area contributed by atoms with Crippen LogP contribution in [0, 0.1) is 0 Å². The van der Waals surface area contributed by atoms with Gasteiger partial charge in [-0.05, 0) is 41.0 Å². The van der Waals surface area contributed by atoms with Gasteiger partial charge in [0.25, 0.3) is 0 Å². The fourth-order valence-corrected chi connectivity index (χ4v) is 0.641. The molecule has 0 N–H and O–H groups in total. The topological polar surface area (TPSA) is 44.8 Å². The summed E-state index contributed by atoms with van der Waals surface area (Å²) in [5.41, 5.74) is 0.0132. The van der Waals surface area contributed by atoms with E-state index in [0.29, 0.717) is 5.57 Å².